The van der Waals surface area contributed by atoms with Crippen molar-refractivity contribution in [2.75, 3.05) is 11.9 Å². The van der Waals surface area contributed by atoms with Crippen LogP contribution in [-0.4, -0.2) is 28.8 Å². The fraction of sp³-hybridized carbons (Fsp3) is 0.364. The molecule has 0 fully saturated rings. The number of aliphatic carboxylic acids is 1. The van der Waals surface area contributed by atoms with Crippen LogP contribution in [-0.2, 0) is 11.0 Å². The first kappa shape index (κ1) is 15.6. The van der Waals surface area contributed by atoms with Crippen LogP contribution in [0.25, 0.3) is 0 Å². The summed E-state index contributed by atoms with van der Waals surface area (Å²) in [6.45, 7) is -0.191. The molecule has 1 aromatic rings. The van der Waals surface area contributed by atoms with E-state index in [2.05, 4.69) is 5.32 Å². The third-order valence-electron chi connectivity index (χ3n) is 2.18. The number of hydrogen-bond donors (Lipinski definition) is 3. The number of benzene rings is 1. The number of carboxylic acids is 1. The number of rotatable bonds is 5. The molecule has 1 atom stereocenters. The molecule has 0 aliphatic carbocycles. The lowest BCUT2D eigenvalue weighted by atomic mass is 10.2. The highest BCUT2D eigenvalue weighted by atomic mass is 35.5. The van der Waals surface area contributed by atoms with E-state index in [1.807, 2.05) is 0 Å². The smallest absolute Gasteiger partial charge is 0.416 e. The van der Waals surface area contributed by atoms with Gasteiger partial charge in [-0.25, -0.2) is 0 Å². The number of halogens is 4. The number of anilines is 1. The maximum absolute atomic E-state index is 12.5. The van der Waals surface area contributed by atoms with Crippen molar-refractivity contribution in [3.63, 3.8) is 0 Å². The van der Waals surface area contributed by atoms with Gasteiger partial charge in [-0.1, -0.05) is 11.6 Å². The number of nitrogens with one attached hydrogen (secondary N) is 1. The molecule has 19 heavy (non-hydrogen) atoms. The molecule has 1 rings (SSSR count). The minimum atomic E-state index is -4.53. The fourth-order valence-corrected chi connectivity index (χ4v) is 1.60. The van der Waals surface area contributed by atoms with Crippen LogP contribution >= 0.6 is 11.6 Å². The highest BCUT2D eigenvalue weighted by Crippen LogP contribution is 2.33. The van der Waals surface area contributed by atoms with Crippen molar-refractivity contribution in [2.45, 2.75) is 18.7 Å². The Bertz CT molecular complexity index is 465. The third kappa shape index (κ3) is 5.35. The van der Waals surface area contributed by atoms with Crippen LogP contribution in [0, 0.1) is 0 Å². The van der Waals surface area contributed by atoms with Gasteiger partial charge in [-0.05, 0) is 18.2 Å². The quantitative estimate of drug-likeness (QED) is 0.781. The molecule has 0 aliphatic rings. The summed E-state index contributed by atoms with van der Waals surface area (Å²) in [6.07, 6.45) is -6.23. The largest absolute Gasteiger partial charge is 0.481 e. The molecule has 106 valence electrons. The van der Waals surface area contributed by atoms with E-state index in [-0.39, 0.29) is 17.3 Å². The lowest BCUT2D eigenvalue weighted by Crippen LogP contribution is -2.22. The molecule has 0 spiro atoms. The second-order valence-corrected chi connectivity index (χ2v) is 4.30. The minimum absolute atomic E-state index is 0.0595. The van der Waals surface area contributed by atoms with Crippen molar-refractivity contribution in [3.8, 4) is 0 Å². The monoisotopic (exact) mass is 297 g/mol. The molecule has 8 heteroatoms. The van der Waals surface area contributed by atoms with Crippen LogP contribution in [0.4, 0.5) is 18.9 Å². The van der Waals surface area contributed by atoms with E-state index in [1.54, 1.807) is 0 Å². The lowest BCUT2D eigenvalue weighted by molar-refractivity contribution is -0.139. The zero-order valence-electron chi connectivity index (χ0n) is 9.54. The summed E-state index contributed by atoms with van der Waals surface area (Å²) in [6, 6.07) is 2.87. The lowest BCUT2D eigenvalue weighted by Gasteiger charge is -2.13. The van der Waals surface area contributed by atoms with Gasteiger partial charge in [-0.3, -0.25) is 4.79 Å². The number of hydrogen-bond acceptors (Lipinski definition) is 3. The van der Waals surface area contributed by atoms with Crippen molar-refractivity contribution >= 4 is 23.3 Å². The van der Waals surface area contributed by atoms with Gasteiger partial charge in [-0.2, -0.15) is 13.2 Å². The Morgan fingerprint density at radius 2 is 2.00 bits per heavy atom. The zero-order valence-corrected chi connectivity index (χ0v) is 10.3. The molecule has 0 radical (unpaired) electrons. The third-order valence-corrected chi connectivity index (χ3v) is 2.40. The fourth-order valence-electron chi connectivity index (χ4n) is 1.36. The van der Waals surface area contributed by atoms with Gasteiger partial charge in [0.15, 0.2) is 0 Å². The van der Waals surface area contributed by atoms with Crippen LogP contribution in [0.15, 0.2) is 18.2 Å². The summed E-state index contributed by atoms with van der Waals surface area (Å²) in [7, 11) is 0. The Labute approximate surface area is 111 Å². The normalized spacial score (nSPS) is 13.1. The van der Waals surface area contributed by atoms with Crippen molar-refractivity contribution in [1.82, 2.24) is 0 Å². The first-order valence-electron chi connectivity index (χ1n) is 5.20. The van der Waals surface area contributed by atoms with Gasteiger partial charge in [0.25, 0.3) is 0 Å². The first-order chi connectivity index (χ1) is 8.68. The number of carboxylic acid groups (broad SMARTS) is 1. The van der Waals surface area contributed by atoms with Gasteiger partial charge in [0.1, 0.15) is 0 Å². The molecule has 3 N–H and O–H groups in total. The molecule has 0 saturated heterocycles. The van der Waals surface area contributed by atoms with E-state index >= 15 is 0 Å². The van der Waals surface area contributed by atoms with Crippen LogP contribution in [0.2, 0.25) is 5.02 Å². The molecule has 0 heterocycles. The molecular weight excluding hydrogens is 287 g/mol. The van der Waals surface area contributed by atoms with Crippen LogP contribution in [0.1, 0.15) is 12.0 Å². The predicted octanol–water partition coefficient (Wildman–Crippen LogP) is 2.61. The second kappa shape index (κ2) is 6.12. The average molecular weight is 298 g/mol. The number of carbonyl (C=O) groups is 1. The second-order valence-electron chi connectivity index (χ2n) is 3.86. The minimum Gasteiger partial charge on any atom is -0.481 e. The summed E-state index contributed by atoms with van der Waals surface area (Å²) >= 11 is 5.56. The molecule has 1 aromatic carbocycles. The summed E-state index contributed by atoms with van der Waals surface area (Å²) < 4.78 is 37.5. The topological polar surface area (TPSA) is 69.6 Å². The molecule has 0 aromatic heterocycles. The summed E-state index contributed by atoms with van der Waals surface area (Å²) in [5.74, 6) is -1.20. The zero-order chi connectivity index (χ0) is 14.6. The Morgan fingerprint density at radius 1 is 1.37 bits per heavy atom. The molecule has 0 bridgehead atoms. The van der Waals surface area contributed by atoms with E-state index in [9.17, 15) is 23.1 Å². The Hall–Kier alpha value is -1.47. The summed E-state index contributed by atoms with van der Waals surface area (Å²) in [4.78, 5) is 10.3. The molecule has 1 unspecified atom stereocenters. The first-order valence-corrected chi connectivity index (χ1v) is 5.58. The van der Waals surface area contributed by atoms with E-state index in [0.717, 1.165) is 12.1 Å². The van der Waals surface area contributed by atoms with Gasteiger partial charge >= 0.3 is 12.1 Å². The standard InChI is InChI=1S/C11H11ClF3NO3/c12-7-1-6(11(13,14)15)2-8(3-7)16-5-9(17)4-10(18)19/h1-3,9,16-17H,4-5H2,(H,18,19). The number of aliphatic hydroxyl groups is 1. The van der Waals surface area contributed by atoms with E-state index in [1.165, 1.54) is 6.07 Å². The van der Waals surface area contributed by atoms with Crippen molar-refractivity contribution in [3.05, 3.63) is 28.8 Å². The number of aliphatic hydroxyl groups excluding tert-OH is 1. The van der Waals surface area contributed by atoms with Gasteiger partial charge in [0, 0.05) is 17.3 Å². The SMILES string of the molecule is O=C(O)CC(O)CNc1cc(Cl)cc(C(F)(F)F)c1. The van der Waals surface area contributed by atoms with Crippen LogP contribution in [0.5, 0.6) is 0 Å². The van der Waals surface area contributed by atoms with Gasteiger partial charge < -0.3 is 15.5 Å². The Morgan fingerprint density at radius 3 is 2.53 bits per heavy atom. The highest BCUT2D eigenvalue weighted by Gasteiger charge is 2.31. The Balaban J connectivity index is 2.74. The van der Waals surface area contributed by atoms with Crippen LogP contribution < -0.4 is 5.32 Å². The Kier molecular flexibility index (Phi) is 5.02. The van der Waals surface area contributed by atoms with Crippen molar-refractivity contribution in [1.29, 1.82) is 0 Å². The molecule has 0 aliphatic heterocycles. The van der Waals surface area contributed by atoms with E-state index in [4.69, 9.17) is 16.7 Å². The van der Waals surface area contributed by atoms with Crippen molar-refractivity contribution < 1.29 is 28.2 Å². The predicted molar refractivity (Wildman–Crippen MR) is 63.2 cm³/mol. The summed E-state index contributed by atoms with van der Waals surface area (Å²) in [5.41, 5.74) is -0.862. The highest BCUT2D eigenvalue weighted by molar-refractivity contribution is 6.30. The number of alkyl halides is 3. The maximum Gasteiger partial charge on any atom is 0.416 e. The molecular formula is C11H11ClF3NO3. The molecule has 0 amide bonds. The van der Waals surface area contributed by atoms with Gasteiger partial charge in [0.05, 0.1) is 18.1 Å². The van der Waals surface area contributed by atoms with Gasteiger partial charge in [0.2, 0.25) is 0 Å². The van der Waals surface area contributed by atoms with E-state index < -0.39 is 30.2 Å². The van der Waals surface area contributed by atoms with Crippen LogP contribution in [0.3, 0.4) is 0 Å². The molecule has 0 saturated carbocycles. The van der Waals surface area contributed by atoms with E-state index in [0.29, 0.717) is 0 Å². The van der Waals surface area contributed by atoms with Gasteiger partial charge in [-0.15, -0.1) is 0 Å². The van der Waals surface area contributed by atoms with Crippen molar-refractivity contribution in [2.24, 2.45) is 0 Å². The maximum atomic E-state index is 12.5. The average Bonchev–Trinajstić information content (AvgIpc) is 2.23. The molecule has 4 nitrogen and oxygen atoms in total. The summed E-state index contributed by atoms with van der Waals surface area (Å²) in [5, 5.41) is 20.1.